The highest BCUT2D eigenvalue weighted by atomic mass is 16.5. The van der Waals surface area contributed by atoms with Gasteiger partial charge in [0, 0.05) is 43.2 Å². The van der Waals surface area contributed by atoms with E-state index in [1.165, 1.54) is 4.90 Å². The van der Waals surface area contributed by atoms with Crippen LogP contribution in [0.1, 0.15) is 41.0 Å². The Kier molecular flexibility index (Phi) is 8.93. The summed E-state index contributed by atoms with van der Waals surface area (Å²) in [5.74, 6) is -2.06. The molecule has 6 rings (SSSR count). The molecule has 250 valence electrons. The van der Waals surface area contributed by atoms with E-state index in [4.69, 9.17) is 9.47 Å². The van der Waals surface area contributed by atoms with Crippen molar-refractivity contribution in [3.8, 4) is 5.75 Å². The number of hydrogen-bond acceptors (Lipinski definition) is 7. The van der Waals surface area contributed by atoms with Crippen molar-refractivity contribution in [2.24, 2.45) is 11.8 Å². The van der Waals surface area contributed by atoms with E-state index in [0.717, 1.165) is 18.8 Å². The Hall–Kier alpha value is -4.15. The van der Waals surface area contributed by atoms with Gasteiger partial charge < -0.3 is 34.2 Å². The number of likely N-dealkylation sites (tertiary alicyclic amines) is 1. The number of carbonyl (C=O) groups is 3. The summed E-state index contributed by atoms with van der Waals surface area (Å²) in [6.07, 6.45) is 7.94. The van der Waals surface area contributed by atoms with Crippen LogP contribution < -0.4 is 19.4 Å². The van der Waals surface area contributed by atoms with Crippen LogP contribution in [0.3, 0.4) is 0 Å². The van der Waals surface area contributed by atoms with E-state index in [0.29, 0.717) is 36.7 Å². The lowest BCUT2D eigenvalue weighted by Gasteiger charge is -2.40. The van der Waals surface area contributed by atoms with E-state index in [9.17, 15) is 19.5 Å². The molecule has 0 bridgehead atoms. The van der Waals surface area contributed by atoms with E-state index >= 15 is 0 Å². The van der Waals surface area contributed by atoms with Crippen LogP contribution in [-0.4, -0.2) is 90.4 Å². The Bertz CT molecular complexity index is 1550. The summed E-state index contributed by atoms with van der Waals surface area (Å²) in [5, 5.41) is 10.5. The van der Waals surface area contributed by atoms with Gasteiger partial charge >= 0.3 is 0 Å². The summed E-state index contributed by atoms with van der Waals surface area (Å²) in [6.45, 7) is 12.4. The van der Waals surface area contributed by atoms with E-state index in [1.54, 1.807) is 9.80 Å². The summed E-state index contributed by atoms with van der Waals surface area (Å²) in [6, 6.07) is 13.5. The van der Waals surface area contributed by atoms with Crippen LogP contribution in [0.15, 0.2) is 72.8 Å². The molecule has 47 heavy (non-hydrogen) atoms. The molecule has 1 unspecified atom stereocenters. The van der Waals surface area contributed by atoms with Gasteiger partial charge in [0.2, 0.25) is 11.8 Å². The minimum Gasteiger partial charge on any atom is -0.494 e. The maximum absolute atomic E-state index is 14.8. The number of benzene rings is 2. The first-order valence-electron chi connectivity index (χ1n) is 16.9. The molecule has 0 radical (unpaired) electrons. The van der Waals surface area contributed by atoms with Crippen molar-refractivity contribution in [3.05, 3.63) is 72.8 Å². The SMILES string of the molecule is CCOc1ccc(N2CC=C[C@]3(C)O[C@]45C=CCN(c6ccc(N(CC)CC)cc6)C(=O)C4N([C@@H](CC)CO)C(=O)[C@@H]5[C@@H]3C2=O)cc1. The first-order chi connectivity index (χ1) is 22.7. The van der Waals surface area contributed by atoms with Crippen LogP contribution in [0.4, 0.5) is 17.1 Å². The summed E-state index contributed by atoms with van der Waals surface area (Å²) >= 11 is 0. The van der Waals surface area contributed by atoms with Crippen LogP contribution >= 0.6 is 0 Å². The fourth-order valence-electron chi connectivity index (χ4n) is 8.05. The van der Waals surface area contributed by atoms with Crippen molar-refractivity contribution in [3.63, 3.8) is 0 Å². The first-order valence-corrected chi connectivity index (χ1v) is 16.9. The lowest BCUT2D eigenvalue weighted by atomic mass is 9.74. The van der Waals surface area contributed by atoms with Crippen molar-refractivity contribution in [2.75, 3.05) is 54.1 Å². The molecule has 4 heterocycles. The summed E-state index contributed by atoms with van der Waals surface area (Å²) in [4.78, 5) is 51.3. The number of amides is 3. The number of anilines is 3. The average Bonchev–Trinajstić information content (AvgIpc) is 3.34. The van der Waals surface area contributed by atoms with E-state index in [-0.39, 0.29) is 30.9 Å². The van der Waals surface area contributed by atoms with Gasteiger partial charge in [-0.2, -0.15) is 0 Å². The quantitative estimate of drug-likeness (QED) is 0.388. The topological polar surface area (TPSA) is 103 Å². The van der Waals surface area contributed by atoms with Crippen LogP contribution in [0.2, 0.25) is 0 Å². The fourth-order valence-corrected chi connectivity index (χ4v) is 8.05. The lowest BCUT2D eigenvalue weighted by Crippen LogP contribution is -2.58. The third kappa shape index (κ3) is 5.22. The second-order valence-corrected chi connectivity index (χ2v) is 12.8. The van der Waals surface area contributed by atoms with Gasteiger partial charge in [0.1, 0.15) is 17.4 Å². The number of nitrogens with zero attached hydrogens (tertiary/aromatic N) is 4. The Morgan fingerprint density at radius 3 is 2.02 bits per heavy atom. The Morgan fingerprint density at radius 2 is 1.45 bits per heavy atom. The van der Waals surface area contributed by atoms with Gasteiger partial charge in [0.15, 0.2) is 0 Å². The number of aliphatic hydroxyl groups is 1. The van der Waals surface area contributed by atoms with E-state index in [1.807, 2.05) is 93.6 Å². The average molecular weight is 643 g/mol. The normalized spacial score (nSPS) is 28.9. The van der Waals surface area contributed by atoms with Crippen LogP contribution in [-0.2, 0) is 19.1 Å². The minimum atomic E-state index is -1.41. The van der Waals surface area contributed by atoms with E-state index < -0.39 is 35.1 Å². The molecule has 10 nitrogen and oxygen atoms in total. The van der Waals surface area contributed by atoms with Gasteiger partial charge in [0.25, 0.3) is 5.91 Å². The summed E-state index contributed by atoms with van der Waals surface area (Å²) in [5.41, 5.74) is -0.106. The maximum atomic E-state index is 14.8. The van der Waals surface area contributed by atoms with Gasteiger partial charge in [-0.15, -0.1) is 0 Å². The largest absolute Gasteiger partial charge is 0.494 e. The van der Waals surface area contributed by atoms with Crippen molar-refractivity contribution >= 4 is 34.8 Å². The summed E-state index contributed by atoms with van der Waals surface area (Å²) < 4.78 is 12.6. The molecule has 1 spiro atoms. The molecule has 3 amide bonds. The molecule has 0 aliphatic carbocycles. The van der Waals surface area contributed by atoms with Crippen molar-refractivity contribution in [1.29, 1.82) is 0 Å². The maximum Gasteiger partial charge on any atom is 0.253 e. The second-order valence-electron chi connectivity index (χ2n) is 12.8. The van der Waals surface area contributed by atoms with Crippen molar-refractivity contribution in [2.45, 2.75) is 64.3 Å². The van der Waals surface area contributed by atoms with Crippen LogP contribution in [0.5, 0.6) is 5.75 Å². The minimum absolute atomic E-state index is 0.247. The Morgan fingerprint density at radius 1 is 0.851 bits per heavy atom. The number of aliphatic hydroxyl groups excluding tert-OH is 1. The molecular formula is C37H46N4O6. The molecule has 4 aliphatic rings. The number of rotatable bonds is 10. The Balaban J connectivity index is 1.42. The fraction of sp³-hybridized carbons (Fsp3) is 0.486. The van der Waals surface area contributed by atoms with Gasteiger partial charge in [-0.25, -0.2) is 0 Å². The highest BCUT2D eigenvalue weighted by molar-refractivity contribution is 6.07. The molecule has 0 saturated carbocycles. The standard InChI is InChI=1S/C37H46N4O6/c1-6-25(24-42)41-32-35(45)40(27-14-12-26(13-15-27)38(7-2)8-3)23-11-21-37(32)31(34(41)44)30-33(43)39(22-10-20-36(30,5)47-37)28-16-18-29(19-17-28)46-9-4/h10-21,25,30-32,42H,6-9,22-24H2,1-5H3/t25-,30+,31-,32?,36-,37-/m0/s1. The van der Waals surface area contributed by atoms with Crippen LogP contribution in [0.25, 0.3) is 0 Å². The lowest BCUT2D eigenvalue weighted by molar-refractivity contribution is -0.148. The van der Waals surface area contributed by atoms with Crippen LogP contribution in [0, 0.1) is 11.8 Å². The highest BCUT2D eigenvalue weighted by Gasteiger charge is 2.75. The smallest absolute Gasteiger partial charge is 0.253 e. The summed E-state index contributed by atoms with van der Waals surface area (Å²) in [7, 11) is 0. The predicted octanol–water partition coefficient (Wildman–Crippen LogP) is 4.18. The van der Waals surface area contributed by atoms with Gasteiger partial charge in [-0.3, -0.25) is 14.4 Å². The molecule has 2 fully saturated rings. The molecule has 2 aromatic carbocycles. The third-order valence-corrected chi connectivity index (χ3v) is 10.3. The van der Waals surface area contributed by atoms with Crippen molar-refractivity contribution < 1.29 is 29.0 Å². The molecule has 2 aromatic rings. The van der Waals surface area contributed by atoms with Gasteiger partial charge in [0.05, 0.1) is 36.7 Å². The van der Waals surface area contributed by atoms with Crippen molar-refractivity contribution in [1.82, 2.24) is 4.90 Å². The van der Waals surface area contributed by atoms with E-state index in [2.05, 4.69) is 18.7 Å². The van der Waals surface area contributed by atoms with Gasteiger partial charge in [-0.1, -0.05) is 31.2 Å². The highest BCUT2D eigenvalue weighted by Crippen LogP contribution is 2.58. The molecule has 6 atom stereocenters. The zero-order valence-electron chi connectivity index (χ0n) is 28.0. The molecular weight excluding hydrogens is 596 g/mol. The predicted molar refractivity (Wildman–Crippen MR) is 182 cm³/mol. The Labute approximate surface area is 277 Å². The first kappa shape index (κ1) is 32.8. The second kappa shape index (κ2) is 12.8. The zero-order valence-corrected chi connectivity index (χ0v) is 28.0. The number of ether oxygens (including phenoxy) is 2. The molecule has 2 saturated heterocycles. The number of fused-ring (bicyclic) bond motifs is 2. The molecule has 0 aromatic heterocycles. The molecule has 1 N–H and O–H groups in total. The monoisotopic (exact) mass is 642 g/mol. The molecule has 4 aliphatic heterocycles. The zero-order chi connectivity index (χ0) is 33.5. The third-order valence-electron chi connectivity index (χ3n) is 10.3. The van der Waals surface area contributed by atoms with Gasteiger partial charge in [-0.05, 0) is 82.6 Å². The number of carbonyl (C=O) groups excluding carboxylic acids is 3. The number of hydrogen-bond donors (Lipinski definition) is 1. The molecule has 10 heteroatoms.